The number of nitrogens with one attached hydrogen (secondary N) is 2. The van der Waals surface area contributed by atoms with Crippen molar-refractivity contribution in [2.75, 3.05) is 18.5 Å². The summed E-state index contributed by atoms with van der Waals surface area (Å²) < 4.78 is 5.10. The fourth-order valence-electron chi connectivity index (χ4n) is 2.10. The number of ether oxygens (including phenoxy) is 1. The summed E-state index contributed by atoms with van der Waals surface area (Å²) in [5.74, 6) is -1.97. The van der Waals surface area contributed by atoms with Crippen molar-refractivity contribution in [2.45, 2.75) is 13.8 Å². The molecule has 2 amide bonds. The molecule has 1 heterocycles. The van der Waals surface area contributed by atoms with E-state index in [1.54, 1.807) is 6.07 Å². The molecule has 2 N–H and O–H groups in total. The van der Waals surface area contributed by atoms with Crippen molar-refractivity contribution < 1.29 is 23.9 Å². The van der Waals surface area contributed by atoms with E-state index >= 15 is 0 Å². The van der Waals surface area contributed by atoms with Crippen LogP contribution in [-0.4, -0.2) is 30.9 Å². The Bertz CT molecular complexity index is 835. The van der Waals surface area contributed by atoms with Gasteiger partial charge in [-0.2, -0.15) is 4.73 Å². The number of rotatable bonds is 6. The number of aryl methyl sites for hydroxylation is 1. The van der Waals surface area contributed by atoms with Crippen molar-refractivity contribution in [3.05, 3.63) is 64.6 Å². The predicted molar refractivity (Wildman–Crippen MR) is 93.2 cm³/mol. The number of hydrogen-bond acceptors (Lipinski definition) is 5. The third kappa shape index (κ3) is 5.04. The summed E-state index contributed by atoms with van der Waals surface area (Å²) >= 11 is 0. The fraction of sp³-hybridized carbons (Fsp3) is 0.222. The Morgan fingerprint density at radius 3 is 2.58 bits per heavy atom. The highest BCUT2D eigenvalue weighted by Crippen LogP contribution is 2.17. The molecule has 1 aromatic heterocycles. The molecule has 8 heteroatoms. The van der Waals surface area contributed by atoms with Crippen molar-refractivity contribution >= 4 is 23.5 Å². The van der Waals surface area contributed by atoms with Gasteiger partial charge in [0.05, 0.1) is 6.54 Å². The first-order valence-electron chi connectivity index (χ1n) is 7.86. The standard InChI is InChI=1S/C18H19N3O5/c1-12-6-5-7-14(13(12)2)20-16(22)10-19-17(23)11-26-18(24)15-8-3-4-9-21(15)25/h3-9H,10-11H2,1-2H3,(H,19,23)(H,20,22). The third-order valence-corrected chi connectivity index (χ3v) is 3.69. The van der Waals surface area contributed by atoms with Crippen LogP contribution in [0, 0.1) is 19.1 Å². The lowest BCUT2D eigenvalue weighted by Crippen LogP contribution is -2.38. The zero-order valence-corrected chi connectivity index (χ0v) is 14.4. The summed E-state index contributed by atoms with van der Waals surface area (Å²) in [6.07, 6.45) is 1.15. The summed E-state index contributed by atoms with van der Waals surface area (Å²) in [5, 5.41) is 16.5. The third-order valence-electron chi connectivity index (χ3n) is 3.69. The van der Waals surface area contributed by atoms with Crippen LogP contribution in [0.4, 0.5) is 5.69 Å². The average molecular weight is 357 g/mol. The Morgan fingerprint density at radius 1 is 1.08 bits per heavy atom. The highest BCUT2D eigenvalue weighted by molar-refractivity contribution is 5.95. The number of carbonyl (C=O) groups excluding carboxylic acids is 3. The van der Waals surface area contributed by atoms with Gasteiger partial charge in [-0.3, -0.25) is 9.59 Å². The van der Waals surface area contributed by atoms with Crippen molar-refractivity contribution in [1.82, 2.24) is 5.32 Å². The maximum atomic E-state index is 11.9. The van der Waals surface area contributed by atoms with Gasteiger partial charge in [-0.15, -0.1) is 0 Å². The van der Waals surface area contributed by atoms with Crippen LogP contribution in [0.25, 0.3) is 0 Å². The van der Waals surface area contributed by atoms with Crippen molar-refractivity contribution in [3.63, 3.8) is 0 Å². The van der Waals surface area contributed by atoms with Crippen LogP contribution >= 0.6 is 0 Å². The van der Waals surface area contributed by atoms with E-state index in [2.05, 4.69) is 10.6 Å². The molecule has 0 radical (unpaired) electrons. The van der Waals surface area contributed by atoms with Gasteiger partial charge in [0.15, 0.2) is 12.8 Å². The van der Waals surface area contributed by atoms with E-state index in [0.29, 0.717) is 10.4 Å². The highest BCUT2D eigenvalue weighted by Gasteiger charge is 2.18. The lowest BCUT2D eigenvalue weighted by atomic mass is 10.1. The van der Waals surface area contributed by atoms with Gasteiger partial charge in [0, 0.05) is 17.8 Å². The second kappa shape index (κ2) is 8.61. The van der Waals surface area contributed by atoms with Crippen LogP contribution in [0.5, 0.6) is 0 Å². The molecule has 1 aromatic carbocycles. The molecule has 136 valence electrons. The summed E-state index contributed by atoms with van der Waals surface area (Å²) in [4.78, 5) is 35.3. The zero-order valence-electron chi connectivity index (χ0n) is 14.4. The zero-order chi connectivity index (χ0) is 19.1. The van der Waals surface area contributed by atoms with Gasteiger partial charge in [-0.05, 0) is 37.1 Å². The Morgan fingerprint density at radius 2 is 1.85 bits per heavy atom. The van der Waals surface area contributed by atoms with E-state index in [1.165, 1.54) is 18.2 Å². The van der Waals surface area contributed by atoms with E-state index in [9.17, 15) is 19.6 Å². The lowest BCUT2D eigenvalue weighted by Gasteiger charge is -2.11. The monoisotopic (exact) mass is 357 g/mol. The van der Waals surface area contributed by atoms with Crippen LogP contribution in [0.2, 0.25) is 0 Å². The average Bonchev–Trinajstić information content (AvgIpc) is 2.62. The second-order valence-electron chi connectivity index (χ2n) is 5.56. The van der Waals surface area contributed by atoms with Gasteiger partial charge in [0.25, 0.3) is 5.91 Å². The largest absolute Gasteiger partial charge is 0.618 e. The molecule has 0 spiro atoms. The van der Waals surface area contributed by atoms with E-state index in [1.807, 2.05) is 26.0 Å². The lowest BCUT2D eigenvalue weighted by molar-refractivity contribution is -0.608. The second-order valence-corrected chi connectivity index (χ2v) is 5.56. The van der Waals surface area contributed by atoms with Crippen molar-refractivity contribution in [1.29, 1.82) is 0 Å². The molecule has 26 heavy (non-hydrogen) atoms. The van der Waals surface area contributed by atoms with E-state index in [0.717, 1.165) is 17.3 Å². The first-order valence-corrected chi connectivity index (χ1v) is 7.86. The summed E-state index contributed by atoms with van der Waals surface area (Å²) in [7, 11) is 0. The molecule has 0 unspecified atom stereocenters. The molecule has 0 fully saturated rings. The van der Waals surface area contributed by atoms with Gasteiger partial charge in [-0.25, -0.2) is 4.79 Å². The van der Waals surface area contributed by atoms with Gasteiger partial charge >= 0.3 is 11.7 Å². The highest BCUT2D eigenvalue weighted by atomic mass is 16.5. The molecule has 0 saturated carbocycles. The summed E-state index contributed by atoms with van der Waals surface area (Å²) in [6.45, 7) is 2.95. The first-order chi connectivity index (χ1) is 12.4. The van der Waals surface area contributed by atoms with Crippen LogP contribution in [0.1, 0.15) is 21.6 Å². The Labute approximate surface area is 150 Å². The number of nitrogens with zero attached hydrogens (tertiary/aromatic N) is 1. The van der Waals surface area contributed by atoms with Gasteiger partial charge in [-0.1, -0.05) is 12.1 Å². The molecule has 0 aliphatic rings. The number of carbonyl (C=O) groups is 3. The Kier molecular flexibility index (Phi) is 6.26. The quantitative estimate of drug-likeness (QED) is 0.452. The molecular formula is C18H19N3O5. The number of amides is 2. The summed E-state index contributed by atoms with van der Waals surface area (Å²) in [5.41, 5.74) is 2.41. The first kappa shape index (κ1) is 18.9. The number of anilines is 1. The van der Waals surface area contributed by atoms with E-state index < -0.39 is 24.4 Å². The normalized spacial score (nSPS) is 10.1. The van der Waals surface area contributed by atoms with Gasteiger partial charge in [0.2, 0.25) is 5.91 Å². The van der Waals surface area contributed by atoms with E-state index in [-0.39, 0.29) is 12.2 Å². The smallest absolute Gasteiger partial charge is 0.405 e. The molecule has 0 atom stereocenters. The molecule has 0 bridgehead atoms. The Hall–Kier alpha value is -3.42. The van der Waals surface area contributed by atoms with Crippen molar-refractivity contribution in [3.8, 4) is 0 Å². The topological polar surface area (TPSA) is 111 Å². The number of hydrogen-bond donors (Lipinski definition) is 2. The SMILES string of the molecule is Cc1cccc(NC(=O)CNC(=O)COC(=O)c2cccc[n+]2[O-])c1C. The van der Waals surface area contributed by atoms with Crippen LogP contribution in [0.15, 0.2) is 42.6 Å². The minimum absolute atomic E-state index is 0.229. The molecule has 8 nitrogen and oxygen atoms in total. The maximum absolute atomic E-state index is 11.9. The molecule has 0 aliphatic carbocycles. The maximum Gasteiger partial charge on any atom is 0.405 e. The van der Waals surface area contributed by atoms with Crippen LogP contribution < -0.4 is 15.4 Å². The minimum Gasteiger partial charge on any atom is -0.618 e. The van der Waals surface area contributed by atoms with Crippen LogP contribution in [0.3, 0.4) is 0 Å². The predicted octanol–water partition coefficient (Wildman–Crippen LogP) is 0.849. The van der Waals surface area contributed by atoms with Gasteiger partial charge in [0.1, 0.15) is 0 Å². The van der Waals surface area contributed by atoms with Crippen LogP contribution in [-0.2, 0) is 14.3 Å². The molecular weight excluding hydrogens is 338 g/mol. The van der Waals surface area contributed by atoms with Gasteiger partial charge < -0.3 is 20.6 Å². The Balaban J connectivity index is 1.78. The molecule has 2 aromatic rings. The molecule has 0 saturated heterocycles. The number of esters is 1. The number of benzene rings is 1. The fourth-order valence-corrected chi connectivity index (χ4v) is 2.10. The molecule has 0 aliphatic heterocycles. The van der Waals surface area contributed by atoms with Crippen molar-refractivity contribution in [2.24, 2.45) is 0 Å². The minimum atomic E-state index is -0.921. The summed E-state index contributed by atoms with van der Waals surface area (Å²) in [6, 6.07) is 9.77. The number of pyridine rings is 1. The molecule has 2 rings (SSSR count). The number of aromatic nitrogens is 1. The van der Waals surface area contributed by atoms with E-state index in [4.69, 9.17) is 4.74 Å².